The van der Waals surface area contributed by atoms with Crippen LogP contribution in [-0.2, 0) is 19.1 Å². The topological polar surface area (TPSA) is 60.4 Å². The van der Waals surface area contributed by atoms with Crippen LogP contribution < -0.4 is 0 Å². The summed E-state index contributed by atoms with van der Waals surface area (Å²) in [6.45, 7) is 4.53. The van der Waals surface area contributed by atoms with Gasteiger partial charge in [0.25, 0.3) is 0 Å². The van der Waals surface area contributed by atoms with Crippen molar-refractivity contribution in [3.8, 4) is 0 Å². The van der Waals surface area contributed by atoms with E-state index in [0.29, 0.717) is 36.4 Å². The Bertz CT molecular complexity index is 625. The van der Waals surface area contributed by atoms with Gasteiger partial charge in [-0.3, -0.25) is 14.4 Å². The highest BCUT2D eigenvalue weighted by atomic mass is 16.5. The van der Waals surface area contributed by atoms with Gasteiger partial charge in [0.1, 0.15) is 11.6 Å². The van der Waals surface area contributed by atoms with E-state index in [1.807, 2.05) is 0 Å². The summed E-state index contributed by atoms with van der Waals surface area (Å²) in [5.41, 5.74) is -0.0409. The highest BCUT2D eigenvalue weighted by Gasteiger charge is 2.64. The first-order chi connectivity index (χ1) is 11.8. The summed E-state index contributed by atoms with van der Waals surface area (Å²) in [6.07, 6.45) is 6.90. The second kappa shape index (κ2) is 5.65. The molecular formula is C21H30O4. The number of esters is 1. The van der Waals surface area contributed by atoms with E-state index in [1.54, 1.807) is 0 Å². The monoisotopic (exact) mass is 346 g/mol. The highest BCUT2D eigenvalue weighted by molar-refractivity contribution is 5.92. The Hall–Kier alpha value is -1.19. The molecule has 0 unspecified atom stereocenters. The molecule has 0 radical (unpaired) electrons. The lowest BCUT2D eigenvalue weighted by Gasteiger charge is -2.59. The van der Waals surface area contributed by atoms with Crippen LogP contribution in [0.4, 0.5) is 0 Å². The van der Waals surface area contributed by atoms with Gasteiger partial charge in [0.2, 0.25) is 0 Å². The second-order valence-electron chi connectivity index (χ2n) is 9.56. The molecule has 7 atom stereocenters. The van der Waals surface area contributed by atoms with Crippen molar-refractivity contribution < 1.29 is 19.1 Å². The maximum absolute atomic E-state index is 13.0. The van der Waals surface area contributed by atoms with Gasteiger partial charge >= 0.3 is 5.97 Å². The van der Waals surface area contributed by atoms with E-state index >= 15 is 0 Å². The summed E-state index contributed by atoms with van der Waals surface area (Å²) in [7, 11) is 1.43. The molecule has 4 heteroatoms. The Morgan fingerprint density at radius 2 is 1.80 bits per heavy atom. The molecule has 4 aliphatic carbocycles. The van der Waals surface area contributed by atoms with Crippen LogP contribution in [0.15, 0.2) is 0 Å². The van der Waals surface area contributed by atoms with Crippen LogP contribution in [0.5, 0.6) is 0 Å². The molecule has 0 amide bonds. The van der Waals surface area contributed by atoms with Gasteiger partial charge in [-0.2, -0.15) is 0 Å². The van der Waals surface area contributed by atoms with Crippen LogP contribution in [0.25, 0.3) is 0 Å². The van der Waals surface area contributed by atoms with Crippen LogP contribution in [-0.4, -0.2) is 24.6 Å². The molecule has 0 aliphatic heterocycles. The zero-order valence-electron chi connectivity index (χ0n) is 15.7. The van der Waals surface area contributed by atoms with Crippen molar-refractivity contribution in [3.05, 3.63) is 0 Å². The molecule has 0 N–H and O–H groups in total. The Morgan fingerprint density at radius 1 is 1.04 bits per heavy atom. The van der Waals surface area contributed by atoms with Crippen molar-refractivity contribution in [2.45, 2.75) is 65.2 Å². The standard InChI is InChI=1S/C21H30O4/c1-20-8-6-13(22)10-12(20)4-5-14-15(20)7-9-21(2)16(19(24)25-3)11-17(23)18(14)21/h12,14-16,18H,4-11H2,1-3H3/t12-,14-,15+,16-,18-,20-,21+/m0/s1. The molecule has 4 aliphatic rings. The van der Waals surface area contributed by atoms with Gasteiger partial charge in [-0.25, -0.2) is 0 Å². The third-order valence-corrected chi connectivity index (χ3v) is 8.73. The van der Waals surface area contributed by atoms with E-state index < -0.39 is 0 Å². The predicted molar refractivity (Wildman–Crippen MR) is 92.6 cm³/mol. The maximum atomic E-state index is 13.0. The minimum absolute atomic E-state index is 0.00533. The van der Waals surface area contributed by atoms with E-state index in [1.165, 1.54) is 7.11 Å². The quantitative estimate of drug-likeness (QED) is 0.681. The number of carbonyl (C=O) groups is 3. The third-order valence-electron chi connectivity index (χ3n) is 8.73. The molecule has 0 bridgehead atoms. The van der Waals surface area contributed by atoms with Crippen LogP contribution in [0.2, 0.25) is 0 Å². The lowest BCUT2D eigenvalue weighted by Crippen LogP contribution is -2.54. The maximum Gasteiger partial charge on any atom is 0.309 e. The van der Waals surface area contributed by atoms with Crippen molar-refractivity contribution in [2.24, 2.45) is 40.4 Å². The average molecular weight is 346 g/mol. The Labute approximate surface area is 150 Å². The molecule has 0 aromatic rings. The molecule has 0 spiro atoms. The number of hydrogen-bond acceptors (Lipinski definition) is 4. The lowest BCUT2D eigenvalue weighted by atomic mass is 9.44. The van der Waals surface area contributed by atoms with Gasteiger partial charge in [-0.1, -0.05) is 13.8 Å². The summed E-state index contributed by atoms with van der Waals surface area (Å²) in [5, 5.41) is 0. The molecule has 138 valence electrons. The largest absolute Gasteiger partial charge is 0.469 e. The summed E-state index contributed by atoms with van der Waals surface area (Å²) in [4.78, 5) is 37.2. The van der Waals surface area contributed by atoms with E-state index in [-0.39, 0.29) is 34.4 Å². The molecule has 0 heterocycles. The van der Waals surface area contributed by atoms with Gasteiger partial charge in [-0.15, -0.1) is 0 Å². The number of methoxy groups -OCH3 is 1. The number of fused-ring (bicyclic) bond motifs is 5. The van der Waals surface area contributed by atoms with E-state index in [2.05, 4.69) is 13.8 Å². The van der Waals surface area contributed by atoms with Gasteiger partial charge in [-0.05, 0) is 60.7 Å². The average Bonchev–Trinajstić information content (AvgIpc) is 2.86. The molecular weight excluding hydrogens is 316 g/mol. The Kier molecular flexibility index (Phi) is 3.90. The first-order valence-electron chi connectivity index (χ1n) is 9.93. The molecule has 0 aromatic heterocycles. The van der Waals surface area contributed by atoms with Crippen LogP contribution in [0.1, 0.15) is 65.2 Å². The van der Waals surface area contributed by atoms with E-state index in [9.17, 15) is 14.4 Å². The summed E-state index contributed by atoms with van der Waals surface area (Å²) >= 11 is 0. The van der Waals surface area contributed by atoms with Crippen molar-refractivity contribution >= 4 is 17.5 Å². The van der Waals surface area contributed by atoms with E-state index in [0.717, 1.165) is 38.5 Å². The zero-order chi connectivity index (χ0) is 18.0. The second-order valence-corrected chi connectivity index (χ2v) is 9.56. The molecule has 4 saturated carbocycles. The minimum atomic E-state index is -0.269. The highest BCUT2D eigenvalue weighted by Crippen LogP contribution is 2.66. The van der Waals surface area contributed by atoms with Crippen LogP contribution in [0, 0.1) is 40.4 Å². The number of ether oxygens (including phenoxy) is 1. The van der Waals surface area contributed by atoms with Crippen LogP contribution in [0.3, 0.4) is 0 Å². The lowest BCUT2D eigenvalue weighted by molar-refractivity contribution is -0.158. The number of carbonyl (C=O) groups excluding carboxylic acids is 3. The number of ketones is 2. The number of hydrogen-bond donors (Lipinski definition) is 0. The summed E-state index contributed by atoms with van der Waals surface area (Å²) in [5.74, 6) is 1.63. The van der Waals surface area contributed by atoms with Crippen molar-refractivity contribution in [2.75, 3.05) is 7.11 Å². The SMILES string of the molecule is COC(=O)[C@@H]1CC(=O)[C@@H]2[C@H]3CC[C@H]4CC(=O)CC[C@]4(C)[C@@H]3CC[C@@]21C. The van der Waals surface area contributed by atoms with Gasteiger partial charge in [0.15, 0.2) is 0 Å². The van der Waals surface area contributed by atoms with Gasteiger partial charge in [0.05, 0.1) is 13.0 Å². The Morgan fingerprint density at radius 3 is 2.52 bits per heavy atom. The van der Waals surface area contributed by atoms with E-state index in [4.69, 9.17) is 4.74 Å². The molecule has 0 saturated heterocycles. The summed E-state index contributed by atoms with van der Waals surface area (Å²) < 4.78 is 5.02. The normalized spacial score (nSPS) is 49.2. The summed E-state index contributed by atoms with van der Waals surface area (Å²) in [6, 6.07) is 0. The smallest absolute Gasteiger partial charge is 0.309 e. The fourth-order valence-corrected chi connectivity index (χ4v) is 7.33. The first kappa shape index (κ1) is 17.2. The van der Waals surface area contributed by atoms with Gasteiger partial charge in [0, 0.05) is 25.2 Å². The van der Waals surface area contributed by atoms with Crippen LogP contribution >= 0.6 is 0 Å². The van der Waals surface area contributed by atoms with Gasteiger partial charge < -0.3 is 4.74 Å². The molecule has 25 heavy (non-hydrogen) atoms. The molecule has 4 rings (SSSR count). The first-order valence-corrected chi connectivity index (χ1v) is 9.93. The van der Waals surface area contributed by atoms with Crippen molar-refractivity contribution in [1.29, 1.82) is 0 Å². The fourth-order valence-electron chi connectivity index (χ4n) is 7.33. The molecule has 4 nitrogen and oxygen atoms in total. The zero-order valence-corrected chi connectivity index (χ0v) is 15.7. The van der Waals surface area contributed by atoms with Crippen molar-refractivity contribution in [3.63, 3.8) is 0 Å². The van der Waals surface area contributed by atoms with Crippen molar-refractivity contribution in [1.82, 2.24) is 0 Å². The minimum Gasteiger partial charge on any atom is -0.469 e. The fraction of sp³-hybridized carbons (Fsp3) is 0.857. The predicted octanol–water partition coefficient (Wildman–Crippen LogP) is 3.57. The Balaban J connectivity index is 1.66. The third kappa shape index (κ3) is 2.28. The molecule has 4 fully saturated rings. The number of rotatable bonds is 1. The number of Topliss-reactive ketones (excluding diaryl/α,β-unsaturated/α-hetero) is 2. The molecule has 0 aromatic carbocycles.